The van der Waals surface area contributed by atoms with Crippen LogP contribution in [0.4, 0.5) is 6.01 Å². The van der Waals surface area contributed by atoms with E-state index in [4.69, 9.17) is 16.0 Å². The molecule has 1 aromatic rings. The van der Waals surface area contributed by atoms with E-state index in [1.165, 1.54) is 0 Å². The summed E-state index contributed by atoms with van der Waals surface area (Å²) in [7, 11) is 1.70. The van der Waals surface area contributed by atoms with E-state index in [9.17, 15) is 0 Å². The van der Waals surface area contributed by atoms with Crippen LogP contribution in [-0.2, 0) is 0 Å². The zero-order valence-corrected chi connectivity index (χ0v) is 6.51. The first-order valence-electron chi connectivity index (χ1n) is 2.89. The summed E-state index contributed by atoms with van der Waals surface area (Å²) in [6.45, 7) is 1.77. The molecule has 0 amide bonds. The second-order valence-electron chi connectivity index (χ2n) is 1.81. The molecule has 0 bridgehead atoms. The second kappa shape index (κ2) is 2.88. The van der Waals surface area contributed by atoms with Gasteiger partial charge in [-0.1, -0.05) is 5.10 Å². The van der Waals surface area contributed by atoms with Crippen LogP contribution in [0.25, 0.3) is 0 Å². The average molecular weight is 162 g/mol. The van der Waals surface area contributed by atoms with Crippen LogP contribution < -0.4 is 5.32 Å². The lowest BCUT2D eigenvalue weighted by Crippen LogP contribution is -1.85. The maximum absolute atomic E-state index is 5.65. The molecule has 56 valence electrons. The molecule has 1 unspecified atom stereocenters. The monoisotopic (exact) mass is 161 g/mol. The topological polar surface area (TPSA) is 51.0 Å². The van der Waals surface area contributed by atoms with Gasteiger partial charge in [0.05, 0.1) is 0 Å². The third kappa shape index (κ3) is 1.39. The minimum absolute atomic E-state index is 0.227. The normalized spacial score (nSPS) is 13.1. The van der Waals surface area contributed by atoms with Crippen molar-refractivity contribution in [2.24, 2.45) is 0 Å². The van der Waals surface area contributed by atoms with Crippen molar-refractivity contribution in [3.63, 3.8) is 0 Å². The average Bonchev–Trinajstić information content (AvgIpc) is 2.34. The summed E-state index contributed by atoms with van der Waals surface area (Å²) in [6, 6.07) is 0.391. The minimum atomic E-state index is -0.227. The molecule has 1 rings (SSSR count). The van der Waals surface area contributed by atoms with Gasteiger partial charge < -0.3 is 9.73 Å². The number of aromatic nitrogens is 2. The molecule has 5 heteroatoms. The molecule has 1 heterocycles. The summed E-state index contributed by atoms with van der Waals surface area (Å²) < 4.78 is 5.03. The Morgan fingerprint density at radius 1 is 1.60 bits per heavy atom. The van der Waals surface area contributed by atoms with Crippen molar-refractivity contribution in [1.29, 1.82) is 0 Å². The Bertz CT molecular complexity index is 210. The van der Waals surface area contributed by atoms with Crippen LogP contribution in [0.5, 0.6) is 0 Å². The summed E-state index contributed by atoms with van der Waals surface area (Å²) in [5, 5.41) is 9.80. The van der Waals surface area contributed by atoms with Gasteiger partial charge >= 0.3 is 6.01 Å². The Morgan fingerprint density at radius 2 is 2.30 bits per heavy atom. The first-order chi connectivity index (χ1) is 4.74. The third-order valence-electron chi connectivity index (χ3n) is 0.995. The lowest BCUT2D eigenvalue weighted by molar-refractivity contribution is 0.508. The second-order valence-corrected chi connectivity index (χ2v) is 2.47. The van der Waals surface area contributed by atoms with E-state index in [1.54, 1.807) is 14.0 Å². The fraction of sp³-hybridized carbons (Fsp3) is 0.600. The number of nitrogens with zero attached hydrogens (tertiary/aromatic N) is 2. The molecule has 1 atom stereocenters. The minimum Gasteiger partial charge on any atom is -0.407 e. The van der Waals surface area contributed by atoms with E-state index >= 15 is 0 Å². The molecule has 0 aliphatic heterocycles. The lowest BCUT2D eigenvalue weighted by Gasteiger charge is -1.91. The van der Waals surface area contributed by atoms with E-state index in [0.29, 0.717) is 11.9 Å². The molecule has 0 aliphatic carbocycles. The van der Waals surface area contributed by atoms with Gasteiger partial charge in [-0.05, 0) is 6.92 Å². The molecule has 1 aromatic heterocycles. The molecule has 0 saturated carbocycles. The predicted octanol–water partition coefficient (Wildman–Crippen LogP) is 1.41. The van der Waals surface area contributed by atoms with E-state index in [-0.39, 0.29) is 5.38 Å². The standard InChI is InChI=1S/C5H8ClN3O/c1-3(6)4-8-9-5(7-2)10-4/h3H,1-2H3,(H,7,9). The Balaban J connectivity index is 2.78. The van der Waals surface area contributed by atoms with Gasteiger partial charge in [0.15, 0.2) is 0 Å². The Kier molecular flexibility index (Phi) is 2.11. The quantitative estimate of drug-likeness (QED) is 0.667. The van der Waals surface area contributed by atoms with Gasteiger partial charge in [-0.15, -0.1) is 16.7 Å². The van der Waals surface area contributed by atoms with Crippen LogP contribution in [0.15, 0.2) is 4.42 Å². The fourth-order valence-electron chi connectivity index (χ4n) is 0.496. The highest BCUT2D eigenvalue weighted by atomic mass is 35.5. The fourth-order valence-corrected chi connectivity index (χ4v) is 0.585. The molecule has 0 spiro atoms. The summed E-state index contributed by atoms with van der Waals surface area (Å²) in [5.74, 6) is 0.436. The van der Waals surface area contributed by atoms with E-state index in [0.717, 1.165) is 0 Å². The largest absolute Gasteiger partial charge is 0.407 e. The molecule has 4 nitrogen and oxygen atoms in total. The van der Waals surface area contributed by atoms with Crippen molar-refractivity contribution in [3.05, 3.63) is 5.89 Å². The number of hydrogen-bond acceptors (Lipinski definition) is 4. The molecule has 0 fully saturated rings. The molecule has 0 aromatic carbocycles. The molecule has 0 radical (unpaired) electrons. The smallest absolute Gasteiger partial charge is 0.315 e. The van der Waals surface area contributed by atoms with Crippen molar-refractivity contribution in [2.75, 3.05) is 12.4 Å². The maximum Gasteiger partial charge on any atom is 0.315 e. The summed E-state index contributed by atoms with van der Waals surface area (Å²) in [4.78, 5) is 0. The van der Waals surface area contributed by atoms with Gasteiger partial charge in [-0.3, -0.25) is 0 Å². The van der Waals surface area contributed by atoms with Crippen LogP contribution in [-0.4, -0.2) is 17.2 Å². The number of halogens is 1. The number of hydrogen-bond donors (Lipinski definition) is 1. The maximum atomic E-state index is 5.65. The summed E-state index contributed by atoms with van der Waals surface area (Å²) in [5.41, 5.74) is 0. The molecule has 10 heavy (non-hydrogen) atoms. The van der Waals surface area contributed by atoms with Gasteiger partial charge in [0, 0.05) is 7.05 Å². The van der Waals surface area contributed by atoms with Crippen molar-refractivity contribution in [1.82, 2.24) is 10.2 Å². The summed E-state index contributed by atoms with van der Waals surface area (Å²) in [6.07, 6.45) is 0. The van der Waals surface area contributed by atoms with Crippen LogP contribution in [0, 0.1) is 0 Å². The van der Waals surface area contributed by atoms with Gasteiger partial charge in [0.2, 0.25) is 5.89 Å². The van der Waals surface area contributed by atoms with Crippen molar-refractivity contribution < 1.29 is 4.42 Å². The number of nitrogens with one attached hydrogen (secondary N) is 1. The zero-order valence-electron chi connectivity index (χ0n) is 5.76. The number of anilines is 1. The van der Waals surface area contributed by atoms with Crippen molar-refractivity contribution in [3.8, 4) is 0 Å². The van der Waals surface area contributed by atoms with E-state index in [2.05, 4.69) is 15.5 Å². The molecular weight excluding hydrogens is 154 g/mol. The highest BCUT2D eigenvalue weighted by Gasteiger charge is 2.08. The predicted molar refractivity (Wildman–Crippen MR) is 38.1 cm³/mol. The van der Waals surface area contributed by atoms with Crippen molar-refractivity contribution >= 4 is 17.6 Å². The number of rotatable bonds is 2. The van der Waals surface area contributed by atoms with Gasteiger partial charge in [0.1, 0.15) is 5.38 Å². The Hall–Kier alpha value is -0.770. The van der Waals surface area contributed by atoms with Gasteiger partial charge in [-0.25, -0.2) is 0 Å². The summed E-state index contributed by atoms with van der Waals surface area (Å²) >= 11 is 5.65. The zero-order chi connectivity index (χ0) is 7.56. The molecule has 0 saturated heterocycles. The van der Waals surface area contributed by atoms with Gasteiger partial charge in [0.25, 0.3) is 0 Å². The third-order valence-corrected chi connectivity index (χ3v) is 1.18. The van der Waals surface area contributed by atoms with Crippen molar-refractivity contribution in [2.45, 2.75) is 12.3 Å². The molecule has 1 N–H and O–H groups in total. The first-order valence-corrected chi connectivity index (χ1v) is 3.33. The van der Waals surface area contributed by atoms with Crippen LogP contribution in [0.2, 0.25) is 0 Å². The highest BCUT2D eigenvalue weighted by Crippen LogP contribution is 2.18. The number of alkyl halides is 1. The van der Waals surface area contributed by atoms with E-state index < -0.39 is 0 Å². The highest BCUT2D eigenvalue weighted by molar-refractivity contribution is 6.20. The van der Waals surface area contributed by atoms with Gasteiger partial charge in [-0.2, -0.15) is 0 Å². The van der Waals surface area contributed by atoms with Crippen LogP contribution in [0.1, 0.15) is 18.2 Å². The Labute approximate surface area is 63.6 Å². The molecule has 0 aliphatic rings. The lowest BCUT2D eigenvalue weighted by atomic mass is 10.5. The molecular formula is C5H8ClN3O. The van der Waals surface area contributed by atoms with Crippen LogP contribution in [0.3, 0.4) is 0 Å². The first kappa shape index (κ1) is 7.34. The van der Waals surface area contributed by atoms with Crippen LogP contribution >= 0.6 is 11.6 Å². The Morgan fingerprint density at radius 3 is 2.60 bits per heavy atom. The van der Waals surface area contributed by atoms with E-state index in [1.807, 2.05) is 0 Å². The SMILES string of the molecule is CNc1nnc(C(C)Cl)o1.